The molecule has 7 heteroatoms. The second-order valence-electron chi connectivity index (χ2n) is 7.34. The van der Waals surface area contributed by atoms with E-state index in [2.05, 4.69) is 37.2 Å². The molecule has 5 nitrogen and oxygen atoms in total. The number of ketones is 1. The number of halogens is 2. The van der Waals surface area contributed by atoms with E-state index in [1.165, 1.54) is 6.07 Å². The van der Waals surface area contributed by atoms with Gasteiger partial charge in [-0.2, -0.15) is 0 Å². The molecule has 1 amide bonds. The monoisotopic (exact) mass is 509 g/mol. The predicted molar refractivity (Wildman–Crippen MR) is 115 cm³/mol. The van der Waals surface area contributed by atoms with Crippen LogP contribution in [0.3, 0.4) is 0 Å². The SMILES string of the molecule is Cc1cc(Br)cc(C(=O)c2cc(Br)cc(C(=O)NCC(=O)OC(C)(C)C)c2)c1. The maximum atomic E-state index is 12.9. The zero-order chi connectivity index (χ0) is 21.1. The molecule has 0 bridgehead atoms. The van der Waals surface area contributed by atoms with E-state index in [0.717, 1.165) is 10.0 Å². The average molecular weight is 511 g/mol. The van der Waals surface area contributed by atoms with Crippen molar-refractivity contribution >= 4 is 49.5 Å². The highest BCUT2D eigenvalue weighted by Crippen LogP contribution is 2.22. The summed E-state index contributed by atoms with van der Waals surface area (Å²) in [6, 6.07) is 10.2. The quantitative estimate of drug-likeness (QED) is 0.462. The van der Waals surface area contributed by atoms with Crippen molar-refractivity contribution < 1.29 is 19.1 Å². The largest absolute Gasteiger partial charge is 0.459 e. The zero-order valence-electron chi connectivity index (χ0n) is 16.1. The Hall–Kier alpha value is -1.99. The predicted octanol–water partition coefficient (Wildman–Crippen LogP) is 4.82. The van der Waals surface area contributed by atoms with Gasteiger partial charge in [0, 0.05) is 25.6 Å². The number of esters is 1. The van der Waals surface area contributed by atoms with Crippen molar-refractivity contribution in [2.24, 2.45) is 0 Å². The molecule has 0 aliphatic carbocycles. The second kappa shape index (κ2) is 9.01. The van der Waals surface area contributed by atoms with E-state index in [4.69, 9.17) is 4.74 Å². The van der Waals surface area contributed by atoms with E-state index in [1.807, 2.05) is 13.0 Å². The van der Waals surface area contributed by atoms with Gasteiger partial charge >= 0.3 is 5.97 Å². The highest BCUT2D eigenvalue weighted by atomic mass is 79.9. The van der Waals surface area contributed by atoms with Crippen LogP contribution < -0.4 is 5.32 Å². The fourth-order valence-electron chi connectivity index (χ4n) is 2.52. The lowest BCUT2D eigenvalue weighted by molar-refractivity contribution is -0.153. The van der Waals surface area contributed by atoms with E-state index in [0.29, 0.717) is 15.6 Å². The molecule has 2 rings (SSSR count). The highest BCUT2D eigenvalue weighted by Gasteiger charge is 2.18. The van der Waals surface area contributed by atoms with Crippen LogP contribution in [0.5, 0.6) is 0 Å². The average Bonchev–Trinajstić information content (AvgIpc) is 2.56. The second-order valence-corrected chi connectivity index (χ2v) is 9.18. The molecule has 0 radical (unpaired) electrons. The molecular formula is C21H21Br2NO4. The van der Waals surface area contributed by atoms with Gasteiger partial charge in [0.15, 0.2) is 5.78 Å². The summed E-state index contributed by atoms with van der Waals surface area (Å²) in [4.78, 5) is 37.1. The van der Waals surface area contributed by atoms with E-state index in [1.54, 1.807) is 45.0 Å². The van der Waals surface area contributed by atoms with Crippen molar-refractivity contribution in [1.82, 2.24) is 5.32 Å². The first kappa shape index (κ1) is 22.3. The van der Waals surface area contributed by atoms with Crippen LogP contribution in [0, 0.1) is 6.92 Å². The first-order valence-electron chi connectivity index (χ1n) is 8.57. The summed E-state index contributed by atoms with van der Waals surface area (Å²) in [6.45, 7) is 6.91. The summed E-state index contributed by atoms with van der Waals surface area (Å²) < 4.78 is 6.57. The summed E-state index contributed by atoms with van der Waals surface area (Å²) in [5, 5.41) is 2.52. The van der Waals surface area contributed by atoms with Gasteiger partial charge in [0.1, 0.15) is 12.1 Å². The molecule has 1 N–H and O–H groups in total. The van der Waals surface area contributed by atoms with Crippen LogP contribution in [-0.2, 0) is 9.53 Å². The van der Waals surface area contributed by atoms with E-state index in [9.17, 15) is 14.4 Å². The first-order chi connectivity index (χ1) is 12.9. The van der Waals surface area contributed by atoms with Crippen LogP contribution in [0.1, 0.15) is 52.6 Å². The molecule has 2 aromatic carbocycles. The standard InChI is InChI=1S/C21H21Br2NO4/c1-12-5-13(8-16(22)6-12)19(26)14-7-15(10-17(23)9-14)20(27)24-11-18(25)28-21(2,3)4/h5-10H,11H2,1-4H3,(H,24,27). The molecule has 148 valence electrons. The third-order valence-corrected chi connectivity index (χ3v) is 4.46. The third-order valence-electron chi connectivity index (χ3n) is 3.54. The highest BCUT2D eigenvalue weighted by molar-refractivity contribution is 9.10. The van der Waals surface area contributed by atoms with Gasteiger partial charge in [-0.15, -0.1) is 0 Å². The van der Waals surface area contributed by atoms with Crippen LogP contribution in [0.4, 0.5) is 0 Å². The van der Waals surface area contributed by atoms with Crippen molar-refractivity contribution in [3.05, 3.63) is 67.6 Å². The summed E-state index contributed by atoms with van der Waals surface area (Å²) in [5.41, 5.74) is 1.48. The number of aryl methyl sites for hydroxylation is 1. The molecule has 0 atom stereocenters. The van der Waals surface area contributed by atoms with Gasteiger partial charge < -0.3 is 10.1 Å². The molecule has 0 aliphatic heterocycles. The van der Waals surface area contributed by atoms with Crippen LogP contribution in [-0.4, -0.2) is 29.8 Å². The number of carbonyl (C=O) groups excluding carboxylic acids is 3. The lowest BCUT2D eigenvalue weighted by Crippen LogP contribution is -2.34. The van der Waals surface area contributed by atoms with Gasteiger partial charge in [-0.3, -0.25) is 14.4 Å². The Morgan fingerprint density at radius 2 is 1.43 bits per heavy atom. The number of hydrogen-bond acceptors (Lipinski definition) is 4. The number of ether oxygens (including phenoxy) is 1. The summed E-state index contributed by atoms with van der Waals surface area (Å²) in [6.07, 6.45) is 0. The Labute approximate surface area is 181 Å². The van der Waals surface area contributed by atoms with Gasteiger partial charge in [0.05, 0.1) is 0 Å². The van der Waals surface area contributed by atoms with Crippen LogP contribution in [0.25, 0.3) is 0 Å². The van der Waals surface area contributed by atoms with E-state index >= 15 is 0 Å². The Morgan fingerprint density at radius 3 is 2.00 bits per heavy atom. The molecule has 2 aromatic rings. The zero-order valence-corrected chi connectivity index (χ0v) is 19.2. The molecule has 28 heavy (non-hydrogen) atoms. The number of carbonyl (C=O) groups is 3. The van der Waals surface area contributed by atoms with Gasteiger partial charge in [-0.25, -0.2) is 0 Å². The number of benzene rings is 2. The molecule has 0 spiro atoms. The molecule has 0 saturated carbocycles. The normalized spacial score (nSPS) is 11.1. The Balaban J connectivity index is 2.19. The summed E-state index contributed by atoms with van der Waals surface area (Å²) in [5.74, 6) is -1.20. The topological polar surface area (TPSA) is 72.5 Å². The number of hydrogen-bond donors (Lipinski definition) is 1. The third kappa shape index (κ3) is 6.56. The van der Waals surface area contributed by atoms with Gasteiger partial charge in [0.2, 0.25) is 0 Å². The fourth-order valence-corrected chi connectivity index (χ4v) is 3.62. The lowest BCUT2D eigenvalue weighted by Gasteiger charge is -2.19. The molecular weight excluding hydrogens is 490 g/mol. The maximum Gasteiger partial charge on any atom is 0.325 e. The van der Waals surface area contributed by atoms with E-state index in [-0.39, 0.29) is 17.9 Å². The fraction of sp³-hybridized carbons (Fsp3) is 0.286. The number of nitrogens with one attached hydrogen (secondary N) is 1. The molecule has 0 fully saturated rings. The van der Waals surface area contributed by atoms with Crippen molar-refractivity contribution in [1.29, 1.82) is 0 Å². The summed E-state index contributed by atoms with van der Waals surface area (Å²) >= 11 is 6.73. The molecule has 0 saturated heterocycles. The lowest BCUT2D eigenvalue weighted by atomic mass is 10.00. The minimum atomic E-state index is -0.626. The Kier molecular flexibility index (Phi) is 7.17. The van der Waals surface area contributed by atoms with Crippen molar-refractivity contribution in [3.63, 3.8) is 0 Å². The van der Waals surface area contributed by atoms with Crippen molar-refractivity contribution in [3.8, 4) is 0 Å². The molecule has 0 unspecified atom stereocenters. The minimum Gasteiger partial charge on any atom is -0.459 e. The maximum absolute atomic E-state index is 12.9. The van der Waals surface area contributed by atoms with Crippen molar-refractivity contribution in [2.45, 2.75) is 33.3 Å². The molecule has 0 heterocycles. The number of rotatable bonds is 5. The summed E-state index contributed by atoms with van der Waals surface area (Å²) in [7, 11) is 0. The van der Waals surface area contributed by atoms with Crippen LogP contribution in [0.15, 0.2) is 45.3 Å². The van der Waals surface area contributed by atoms with Gasteiger partial charge in [0.25, 0.3) is 5.91 Å². The Morgan fingerprint density at radius 1 is 0.893 bits per heavy atom. The first-order valence-corrected chi connectivity index (χ1v) is 10.2. The van der Waals surface area contributed by atoms with Gasteiger partial charge in [-0.1, -0.05) is 31.9 Å². The van der Waals surface area contributed by atoms with Crippen LogP contribution >= 0.6 is 31.9 Å². The van der Waals surface area contributed by atoms with E-state index < -0.39 is 17.5 Å². The van der Waals surface area contributed by atoms with Gasteiger partial charge in [-0.05, 0) is 69.7 Å². The number of amides is 1. The molecule has 0 aliphatic rings. The Bertz CT molecular complexity index is 912. The minimum absolute atomic E-state index is 0.202. The smallest absolute Gasteiger partial charge is 0.325 e. The van der Waals surface area contributed by atoms with Crippen molar-refractivity contribution in [2.75, 3.05) is 6.54 Å². The molecule has 0 aromatic heterocycles. The van der Waals surface area contributed by atoms with Crippen LogP contribution in [0.2, 0.25) is 0 Å².